The van der Waals surface area contributed by atoms with Gasteiger partial charge in [0.05, 0.1) is 6.61 Å². The number of carbonyl (C=O) groups excluding carboxylic acids is 1. The first kappa shape index (κ1) is 15.6. The lowest BCUT2D eigenvalue weighted by molar-refractivity contribution is 0.101. The Morgan fingerprint density at radius 1 is 1.05 bits per heavy atom. The van der Waals surface area contributed by atoms with Gasteiger partial charge in [-0.15, -0.1) is 0 Å². The van der Waals surface area contributed by atoms with E-state index in [0.29, 0.717) is 0 Å². The number of unbranched alkanes of at least 4 members (excludes halogenated alkanes) is 4. The summed E-state index contributed by atoms with van der Waals surface area (Å²) >= 11 is 0. The van der Waals surface area contributed by atoms with Crippen molar-refractivity contribution in [3.05, 3.63) is 42.0 Å². The van der Waals surface area contributed by atoms with E-state index in [1.807, 2.05) is 36.4 Å². The summed E-state index contributed by atoms with van der Waals surface area (Å²) in [4.78, 5) is 11.4. The third kappa shape index (κ3) is 4.32. The first-order valence-electron chi connectivity index (χ1n) is 7.89. The minimum Gasteiger partial charge on any atom is -0.493 e. The van der Waals surface area contributed by atoms with Crippen molar-refractivity contribution in [2.24, 2.45) is 0 Å². The van der Waals surface area contributed by atoms with Crippen molar-refractivity contribution in [3.63, 3.8) is 0 Å². The van der Waals surface area contributed by atoms with Crippen molar-refractivity contribution >= 4 is 16.6 Å². The molecule has 112 valence electrons. The van der Waals surface area contributed by atoms with Gasteiger partial charge in [-0.25, -0.2) is 0 Å². The molecule has 0 atom stereocenters. The van der Waals surface area contributed by atoms with Gasteiger partial charge in [0.15, 0.2) is 5.78 Å². The lowest BCUT2D eigenvalue weighted by atomic mass is 10.0. The van der Waals surface area contributed by atoms with Crippen LogP contribution in [0.4, 0.5) is 0 Å². The van der Waals surface area contributed by atoms with E-state index in [1.165, 1.54) is 25.7 Å². The van der Waals surface area contributed by atoms with Crippen LogP contribution in [-0.2, 0) is 0 Å². The molecule has 0 fully saturated rings. The van der Waals surface area contributed by atoms with Gasteiger partial charge in [-0.3, -0.25) is 4.79 Å². The van der Waals surface area contributed by atoms with Crippen molar-refractivity contribution in [1.29, 1.82) is 0 Å². The van der Waals surface area contributed by atoms with Crippen molar-refractivity contribution in [3.8, 4) is 5.75 Å². The van der Waals surface area contributed by atoms with Crippen LogP contribution in [0.3, 0.4) is 0 Å². The molecule has 0 aromatic heterocycles. The van der Waals surface area contributed by atoms with Crippen LogP contribution in [-0.4, -0.2) is 12.4 Å². The number of Topliss-reactive ketones (excluding diaryl/α,β-unsaturated/α-hetero) is 1. The molecule has 0 aliphatic carbocycles. The number of benzene rings is 2. The molecule has 0 amide bonds. The summed E-state index contributed by atoms with van der Waals surface area (Å²) in [5.41, 5.74) is 0.749. The average Bonchev–Trinajstić information content (AvgIpc) is 2.50. The molecule has 2 rings (SSSR count). The highest BCUT2D eigenvalue weighted by atomic mass is 16.5. The smallest absolute Gasteiger partial charge is 0.159 e. The zero-order valence-corrected chi connectivity index (χ0v) is 13.0. The fraction of sp³-hybridized carbons (Fsp3) is 0.421. The number of rotatable bonds is 8. The van der Waals surface area contributed by atoms with Crippen molar-refractivity contribution in [1.82, 2.24) is 0 Å². The third-order valence-corrected chi connectivity index (χ3v) is 3.75. The Kier molecular flexibility index (Phi) is 5.79. The Bertz CT molecular complexity index is 602. The van der Waals surface area contributed by atoms with Gasteiger partial charge in [-0.05, 0) is 36.9 Å². The highest BCUT2D eigenvalue weighted by Crippen LogP contribution is 2.26. The number of hydrogen-bond donors (Lipinski definition) is 0. The molecule has 0 saturated carbocycles. The van der Waals surface area contributed by atoms with E-state index in [9.17, 15) is 4.79 Å². The second kappa shape index (κ2) is 7.82. The van der Waals surface area contributed by atoms with Crippen LogP contribution >= 0.6 is 0 Å². The van der Waals surface area contributed by atoms with E-state index in [0.717, 1.165) is 35.1 Å². The van der Waals surface area contributed by atoms with E-state index in [-0.39, 0.29) is 5.78 Å². The average molecular weight is 284 g/mol. The van der Waals surface area contributed by atoms with Gasteiger partial charge >= 0.3 is 0 Å². The lowest BCUT2D eigenvalue weighted by Gasteiger charge is -2.10. The summed E-state index contributed by atoms with van der Waals surface area (Å²) in [5.74, 6) is 1.01. The SMILES string of the molecule is CCCCCCCOc1cccc2cc(C(C)=O)ccc12. The molecule has 2 heteroatoms. The minimum atomic E-state index is 0.0964. The fourth-order valence-electron chi connectivity index (χ4n) is 2.49. The maximum absolute atomic E-state index is 11.4. The molecular weight excluding hydrogens is 260 g/mol. The summed E-state index contributed by atoms with van der Waals surface area (Å²) in [6.45, 7) is 4.58. The van der Waals surface area contributed by atoms with Crippen LogP contribution in [0.2, 0.25) is 0 Å². The molecule has 2 aromatic rings. The number of ketones is 1. The van der Waals surface area contributed by atoms with E-state index in [2.05, 4.69) is 6.92 Å². The molecule has 0 aliphatic rings. The molecular formula is C19H24O2. The van der Waals surface area contributed by atoms with Crippen LogP contribution in [0, 0.1) is 0 Å². The molecule has 0 radical (unpaired) electrons. The monoisotopic (exact) mass is 284 g/mol. The maximum Gasteiger partial charge on any atom is 0.159 e. The first-order chi connectivity index (χ1) is 10.2. The van der Waals surface area contributed by atoms with Gasteiger partial charge in [0.1, 0.15) is 5.75 Å². The summed E-state index contributed by atoms with van der Waals surface area (Å²) in [6, 6.07) is 11.8. The zero-order valence-electron chi connectivity index (χ0n) is 13.0. The van der Waals surface area contributed by atoms with Crippen LogP contribution < -0.4 is 4.74 Å². The molecule has 0 N–H and O–H groups in total. The highest BCUT2D eigenvalue weighted by Gasteiger charge is 2.05. The topological polar surface area (TPSA) is 26.3 Å². The van der Waals surface area contributed by atoms with Crippen LogP contribution in [0.1, 0.15) is 56.3 Å². The second-order valence-corrected chi connectivity index (χ2v) is 5.51. The summed E-state index contributed by atoms with van der Waals surface area (Å²) in [7, 11) is 0. The minimum absolute atomic E-state index is 0.0964. The van der Waals surface area contributed by atoms with Crippen molar-refractivity contribution in [2.45, 2.75) is 46.0 Å². The Labute approximate surface area is 127 Å². The van der Waals surface area contributed by atoms with Crippen molar-refractivity contribution in [2.75, 3.05) is 6.61 Å². The lowest BCUT2D eigenvalue weighted by Crippen LogP contribution is -1.98. The van der Waals surface area contributed by atoms with Crippen LogP contribution in [0.15, 0.2) is 36.4 Å². The second-order valence-electron chi connectivity index (χ2n) is 5.51. The fourth-order valence-corrected chi connectivity index (χ4v) is 2.49. The number of ether oxygens (including phenoxy) is 1. The molecule has 2 aromatic carbocycles. The quantitative estimate of drug-likeness (QED) is 0.480. The Morgan fingerprint density at radius 3 is 2.62 bits per heavy atom. The zero-order chi connectivity index (χ0) is 15.1. The summed E-state index contributed by atoms with van der Waals surface area (Å²) in [5, 5.41) is 2.14. The molecule has 0 bridgehead atoms. The van der Waals surface area contributed by atoms with Gasteiger partial charge in [0.25, 0.3) is 0 Å². The van der Waals surface area contributed by atoms with E-state index < -0.39 is 0 Å². The maximum atomic E-state index is 11.4. The molecule has 21 heavy (non-hydrogen) atoms. The summed E-state index contributed by atoms with van der Waals surface area (Å²) < 4.78 is 5.91. The molecule has 0 saturated heterocycles. The van der Waals surface area contributed by atoms with E-state index in [1.54, 1.807) is 6.92 Å². The van der Waals surface area contributed by atoms with Gasteiger partial charge in [0, 0.05) is 10.9 Å². The van der Waals surface area contributed by atoms with Gasteiger partial charge in [-0.2, -0.15) is 0 Å². The Morgan fingerprint density at radius 2 is 1.86 bits per heavy atom. The molecule has 0 heterocycles. The van der Waals surface area contributed by atoms with Gasteiger partial charge in [0.2, 0.25) is 0 Å². The third-order valence-electron chi connectivity index (χ3n) is 3.75. The van der Waals surface area contributed by atoms with Gasteiger partial charge < -0.3 is 4.74 Å². The predicted octanol–water partition coefficient (Wildman–Crippen LogP) is 5.39. The number of hydrogen-bond acceptors (Lipinski definition) is 2. The largest absolute Gasteiger partial charge is 0.493 e. The molecule has 0 spiro atoms. The molecule has 0 unspecified atom stereocenters. The number of fused-ring (bicyclic) bond motifs is 1. The van der Waals surface area contributed by atoms with Crippen molar-refractivity contribution < 1.29 is 9.53 Å². The van der Waals surface area contributed by atoms with Gasteiger partial charge in [-0.1, -0.05) is 50.8 Å². The standard InChI is InChI=1S/C19H24O2/c1-3-4-5-6-7-13-21-19-10-8-9-17-14-16(15(2)20)11-12-18(17)19/h8-12,14H,3-7,13H2,1-2H3. The normalized spacial score (nSPS) is 10.8. The molecule has 2 nitrogen and oxygen atoms in total. The predicted molar refractivity (Wildman–Crippen MR) is 88.2 cm³/mol. The molecule has 0 aliphatic heterocycles. The Balaban J connectivity index is 2.01. The number of carbonyl (C=O) groups is 1. The van der Waals surface area contributed by atoms with Crippen LogP contribution in [0.25, 0.3) is 10.8 Å². The Hall–Kier alpha value is -1.83. The highest BCUT2D eigenvalue weighted by molar-refractivity contribution is 5.99. The van der Waals surface area contributed by atoms with E-state index in [4.69, 9.17) is 4.74 Å². The summed E-state index contributed by atoms with van der Waals surface area (Å²) in [6.07, 6.45) is 6.19. The first-order valence-corrected chi connectivity index (χ1v) is 7.89. The van der Waals surface area contributed by atoms with E-state index >= 15 is 0 Å². The van der Waals surface area contributed by atoms with Crippen LogP contribution in [0.5, 0.6) is 5.75 Å².